The standard InChI is InChI=1S/C15H14ClNOS/c1-10(11-4-6-13(18-2)7-5-11)12-8-14(16)17-15(9-12)19-3/h4-9H,1H2,2-3H3. The lowest BCUT2D eigenvalue weighted by atomic mass is 10.0. The van der Waals surface area contributed by atoms with Crippen LogP contribution < -0.4 is 4.74 Å². The van der Waals surface area contributed by atoms with Crippen LogP contribution in [0.25, 0.3) is 5.57 Å². The van der Waals surface area contributed by atoms with E-state index in [4.69, 9.17) is 16.3 Å². The molecular formula is C15H14ClNOS. The van der Waals surface area contributed by atoms with E-state index < -0.39 is 0 Å². The zero-order chi connectivity index (χ0) is 13.8. The molecule has 1 aromatic heterocycles. The molecule has 2 nitrogen and oxygen atoms in total. The molecule has 1 aromatic carbocycles. The molecule has 0 saturated heterocycles. The second-order valence-electron chi connectivity index (χ2n) is 3.93. The average molecular weight is 292 g/mol. The van der Waals surface area contributed by atoms with Gasteiger partial charge in [0, 0.05) is 0 Å². The molecule has 0 N–H and O–H groups in total. The number of nitrogens with zero attached hydrogens (tertiary/aromatic N) is 1. The second kappa shape index (κ2) is 6.13. The molecule has 0 aliphatic rings. The first kappa shape index (κ1) is 14.0. The molecule has 0 aliphatic heterocycles. The van der Waals surface area contributed by atoms with Gasteiger partial charge in [-0.1, -0.05) is 30.3 Å². The Balaban J connectivity index is 2.34. The van der Waals surface area contributed by atoms with E-state index in [1.165, 1.54) is 0 Å². The summed E-state index contributed by atoms with van der Waals surface area (Å²) in [5.41, 5.74) is 2.94. The van der Waals surface area contributed by atoms with E-state index in [1.807, 2.05) is 42.7 Å². The van der Waals surface area contributed by atoms with Gasteiger partial charge in [0.2, 0.25) is 0 Å². The van der Waals surface area contributed by atoms with Crippen LogP contribution >= 0.6 is 23.4 Å². The Morgan fingerprint density at radius 1 is 1.21 bits per heavy atom. The van der Waals surface area contributed by atoms with Crippen molar-refractivity contribution in [3.8, 4) is 5.75 Å². The largest absolute Gasteiger partial charge is 0.497 e. The van der Waals surface area contributed by atoms with Crippen LogP contribution in [0.4, 0.5) is 0 Å². The predicted molar refractivity (Wildman–Crippen MR) is 82.2 cm³/mol. The lowest BCUT2D eigenvalue weighted by Gasteiger charge is -2.09. The lowest BCUT2D eigenvalue weighted by molar-refractivity contribution is 0.415. The number of rotatable bonds is 4. The highest BCUT2D eigenvalue weighted by Crippen LogP contribution is 2.27. The third-order valence-corrected chi connectivity index (χ3v) is 3.59. The fraction of sp³-hybridized carbons (Fsp3) is 0.133. The molecule has 98 valence electrons. The molecule has 19 heavy (non-hydrogen) atoms. The monoisotopic (exact) mass is 291 g/mol. The molecule has 0 atom stereocenters. The van der Waals surface area contributed by atoms with Crippen LogP contribution in [0.1, 0.15) is 11.1 Å². The van der Waals surface area contributed by atoms with E-state index in [0.29, 0.717) is 5.15 Å². The fourth-order valence-corrected chi connectivity index (χ4v) is 2.40. The number of hydrogen-bond donors (Lipinski definition) is 0. The first-order chi connectivity index (χ1) is 9.13. The summed E-state index contributed by atoms with van der Waals surface area (Å²) in [6.45, 7) is 4.13. The van der Waals surface area contributed by atoms with Crippen molar-refractivity contribution in [1.82, 2.24) is 4.98 Å². The summed E-state index contributed by atoms with van der Waals surface area (Å²) < 4.78 is 5.15. The molecule has 2 aromatic rings. The molecule has 0 aliphatic carbocycles. The summed E-state index contributed by atoms with van der Waals surface area (Å²) in [5, 5.41) is 1.37. The summed E-state index contributed by atoms with van der Waals surface area (Å²) >= 11 is 7.58. The van der Waals surface area contributed by atoms with Gasteiger partial charge in [-0.2, -0.15) is 0 Å². The SMILES string of the molecule is C=C(c1ccc(OC)cc1)c1cc(Cl)nc(SC)c1. The first-order valence-electron chi connectivity index (χ1n) is 5.69. The van der Waals surface area contributed by atoms with Crippen molar-refractivity contribution in [2.24, 2.45) is 0 Å². The van der Waals surface area contributed by atoms with Crippen LogP contribution in [0.2, 0.25) is 5.15 Å². The minimum Gasteiger partial charge on any atom is -0.497 e. The minimum absolute atomic E-state index is 0.483. The quantitative estimate of drug-likeness (QED) is 0.610. The van der Waals surface area contributed by atoms with Gasteiger partial charge in [0.15, 0.2) is 0 Å². The average Bonchev–Trinajstić information content (AvgIpc) is 2.46. The third kappa shape index (κ3) is 3.31. The summed E-state index contributed by atoms with van der Waals surface area (Å²) in [7, 11) is 1.65. The summed E-state index contributed by atoms with van der Waals surface area (Å²) in [6, 6.07) is 11.6. The molecule has 0 spiro atoms. The maximum Gasteiger partial charge on any atom is 0.130 e. The number of hydrogen-bond acceptors (Lipinski definition) is 3. The lowest BCUT2D eigenvalue weighted by Crippen LogP contribution is -1.90. The molecule has 2 rings (SSSR count). The molecule has 4 heteroatoms. The predicted octanol–water partition coefficient (Wildman–Crippen LogP) is 4.53. The zero-order valence-corrected chi connectivity index (χ0v) is 12.4. The van der Waals surface area contributed by atoms with Crippen molar-refractivity contribution < 1.29 is 4.74 Å². The van der Waals surface area contributed by atoms with Crippen LogP contribution in [-0.2, 0) is 0 Å². The Labute approximate surface area is 122 Å². The summed E-state index contributed by atoms with van der Waals surface area (Å²) in [4.78, 5) is 4.22. The maximum atomic E-state index is 6.02. The van der Waals surface area contributed by atoms with Crippen molar-refractivity contribution in [2.45, 2.75) is 5.03 Å². The van der Waals surface area contributed by atoms with Gasteiger partial charge in [-0.15, -0.1) is 11.8 Å². The Kier molecular flexibility index (Phi) is 4.51. The molecule has 0 unspecified atom stereocenters. The number of benzene rings is 1. The zero-order valence-electron chi connectivity index (χ0n) is 10.8. The van der Waals surface area contributed by atoms with E-state index in [0.717, 1.165) is 27.5 Å². The van der Waals surface area contributed by atoms with Crippen LogP contribution in [0, 0.1) is 0 Å². The van der Waals surface area contributed by atoms with Crippen molar-refractivity contribution >= 4 is 28.9 Å². The van der Waals surface area contributed by atoms with Gasteiger partial charge in [0.25, 0.3) is 0 Å². The van der Waals surface area contributed by atoms with Gasteiger partial charge in [-0.05, 0) is 47.2 Å². The topological polar surface area (TPSA) is 22.1 Å². The molecule has 0 radical (unpaired) electrons. The number of halogens is 1. The van der Waals surface area contributed by atoms with Crippen LogP contribution in [0.15, 0.2) is 48.0 Å². The van der Waals surface area contributed by atoms with Gasteiger partial charge in [-0.25, -0.2) is 4.98 Å². The molecule has 0 saturated carbocycles. The van der Waals surface area contributed by atoms with E-state index >= 15 is 0 Å². The minimum atomic E-state index is 0.483. The molecule has 0 bridgehead atoms. The maximum absolute atomic E-state index is 6.02. The number of methoxy groups -OCH3 is 1. The highest BCUT2D eigenvalue weighted by atomic mass is 35.5. The van der Waals surface area contributed by atoms with Crippen molar-refractivity contribution in [2.75, 3.05) is 13.4 Å². The number of pyridine rings is 1. The van der Waals surface area contributed by atoms with Crippen LogP contribution in [0.5, 0.6) is 5.75 Å². The van der Waals surface area contributed by atoms with Gasteiger partial charge >= 0.3 is 0 Å². The van der Waals surface area contributed by atoms with Crippen molar-refractivity contribution in [3.05, 3.63) is 59.3 Å². The second-order valence-corrected chi connectivity index (χ2v) is 5.14. The normalized spacial score (nSPS) is 10.3. The Morgan fingerprint density at radius 3 is 2.47 bits per heavy atom. The Hall–Kier alpha value is -1.45. The van der Waals surface area contributed by atoms with Gasteiger partial charge in [-0.3, -0.25) is 0 Å². The van der Waals surface area contributed by atoms with Crippen molar-refractivity contribution in [1.29, 1.82) is 0 Å². The smallest absolute Gasteiger partial charge is 0.130 e. The molecule has 1 heterocycles. The van der Waals surface area contributed by atoms with Crippen LogP contribution in [-0.4, -0.2) is 18.3 Å². The van der Waals surface area contributed by atoms with E-state index in [2.05, 4.69) is 11.6 Å². The number of thioether (sulfide) groups is 1. The molecular weight excluding hydrogens is 278 g/mol. The number of aromatic nitrogens is 1. The van der Waals surface area contributed by atoms with E-state index in [1.54, 1.807) is 18.9 Å². The van der Waals surface area contributed by atoms with Crippen molar-refractivity contribution in [3.63, 3.8) is 0 Å². The highest BCUT2D eigenvalue weighted by molar-refractivity contribution is 7.98. The van der Waals surface area contributed by atoms with Crippen LogP contribution in [0.3, 0.4) is 0 Å². The Bertz CT molecular complexity index is 596. The molecule has 0 fully saturated rings. The highest BCUT2D eigenvalue weighted by Gasteiger charge is 2.06. The van der Waals surface area contributed by atoms with Gasteiger partial charge in [0.1, 0.15) is 10.9 Å². The Morgan fingerprint density at radius 2 is 1.89 bits per heavy atom. The molecule has 0 amide bonds. The van der Waals surface area contributed by atoms with E-state index in [9.17, 15) is 0 Å². The third-order valence-electron chi connectivity index (χ3n) is 2.77. The van der Waals surface area contributed by atoms with Gasteiger partial charge in [0.05, 0.1) is 12.1 Å². The van der Waals surface area contributed by atoms with Gasteiger partial charge < -0.3 is 4.74 Å². The van der Waals surface area contributed by atoms with E-state index in [-0.39, 0.29) is 0 Å². The summed E-state index contributed by atoms with van der Waals surface area (Å²) in [5.74, 6) is 0.828. The fourth-order valence-electron chi connectivity index (χ4n) is 1.71. The number of ether oxygens (including phenoxy) is 1. The first-order valence-corrected chi connectivity index (χ1v) is 7.29. The summed E-state index contributed by atoms with van der Waals surface area (Å²) in [6.07, 6.45) is 1.97.